The van der Waals surface area contributed by atoms with Gasteiger partial charge < -0.3 is 15.4 Å². The Morgan fingerprint density at radius 1 is 1.18 bits per heavy atom. The minimum Gasteiger partial charge on any atom is -0.482 e. The molecular weight excluding hydrogens is 365 g/mol. The standard InChI is InChI=1S/C20H20FN3O4/c1-12(2)22-18(25)10-24-16-9-13(3-8-17(16)28-11-19(24)26)20(27)23-15-6-4-14(21)5-7-15/h3-9,12H,10-11H2,1-2H3,(H,22,25)(H,23,27). The third kappa shape index (κ3) is 4.46. The zero-order valence-electron chi connectivity index (χ0n) is 15.5. The van der Waals surface area contributed by atoms with Gasteiger partial charge >= 0.3 is 0 Å². The van der Waals surface area contributed by atoms with E-state index in [2.05, 4.69) is 10.6 Å². The fourth-order valence-electron chi connectivity index (χ4n) is 2.76. The van der Waals surface area contributed by atoms with Crippen LogP contribution in [-0.2, 0) is 9.59 Å². The zero-order valence-corrected chi connectivity index (χ0v) is 15.5. The Bertz CT molecular complexity index is 912. The van der Waals surface area contributed by atoms with Crippen LogP contribution in [0.2, 0.25) is 0 Å². The molecule has 28 heavy (non-hydrogen) atoms. The van der Waals surface area contributed by atoms with Crippen LogP contribution in [0.1, 0.15) is 24.2 Å². The Morgan fingerprint density at radius 3 is 2.57 bits per heavy atom. The van der Waals surface area contributed by atoms with Gasteiger partial charge in [-0.05, 0) is 56.3 Å². The van der Waals surface area contributed by atoms with Gasteiger partial charge in [-0.1, -0.05) is 0 Å². The minimum atomic E-state index is -0.431. The smallest absolute Gasteiger partial charge is 0.265 e. The van der Waals surface area contributed by atoms with Gasteiger partial charge in [0.25, 0.3) is 11.8 Å². The van der Waals surface area contributed by atoms with Crippen molar-refractivity contribution < 1.29 is 23.5 Å². The van der Waals surface area contributed by atoms with Crippen molar-refractivity contribution >= 4 is 29.1 Å². The summed E-state index contributed by atoms with van der Waals surface area (Å²) in [6.45, 7) is 3.30. The Hall–Kier alpha value is -3.42. The number of carbonyl (C=O) groups is 3. The number of ether oxygens (including phenoxy) is 1. The lowest BCUT2D eigenvalue weighted by atomic mass is 10.1. The number of hydrogen-bond donors (Lipinski definition) is 2. The summed E-state index contributed by atoms with van der Waals surface area (Å²) >= 11 is 0. The molecule has 8 heteroatoms. The number of hydrogen-bond acceptors (Lipinski definition) is 4. The van der Waals surface area contributed by atoms with E-state index in [0.717, 1.165) is 0 Å². The van der Waals surface area contributed by atoms with E-state index in [9.17, 15) is 18.8 Å². The van der Waals surface area contributed by atoms with E-state index in [4.69, 9.17) is 4.74 Å². The van der Waals surface area contributed by atoms with Crippen molar-refractivity contribution in [2.75, 3.05) is 23.4 Å². The third-order valence-electron chi connectivity index (χ3n) is 4.02. The lowest BCUT2D eigenvalue weighted by molar-refractivity contribution is -0.125. The highest BCUT2D eigenvalue weighted by Crippen LogP contribution is 2.33. The lowest BCUT2D eigenvalue weighted by Gasteiger charge is -2.29. The summed E-state index contributed by atoms with van der Waals surface area (Å²) in [5.74, 6) is -1.10. The normalized spacial score (nSPS) is 13.0. The molecule has 0 spiro atoms. The Kier molecular flexibility index (Phi) is 5.58. The van der Waals surface area contributed by atoms with Gasteiger partial charge in [0.1, 0.15) is 18.1 Å². The van der Waals surface area contributed by atoms with E-state index >= 15 is 0 Å². The maximum absolute atomic E-state index is 13.0. The molecular formula is C20H20FN3O4. The van der Waals surface area contributed by atoms with E-state index < -0.39 is 11.7 Å². The first-order chi connectivity index (χ1) is 13.3. The van der Waals surface area contributed by atoms with Crippen molar-refractivity contribution in [2.45, 2.75) is 19.9 Å². The monoisotopic (exact) mass is 385 g/mol. The summed E-state index contributed by atoms with van der Waals surface area (Å²) in [6, 6.07) is 9.94. The molecule has 2 aromatic rings. The summed E-state index contributed by atoms with van der Waals surface area (Å²) in [7, 11) is 0. The first-order valence-electron chi connectivity index (χ1n) is 8.77. The first-order valence-corrected chi connectivity index (χ1v) is 8.77. The number of nitrogens with zero attached hydrogens (tertiary/aromatic N) is 1. The molecule has 1 aliphatic heterocycles. The topological polar surface area (TPSA) is 87.7 Å². The largest absolute Gasteiger partial charge is 0.482 e. The van der Waals surface area contributed by atoms with E-state index in [1.807, 2.05) is 13.8 Å². The molecule has 1 heterocycles. The molecule has 0 unspecified atom stereocenters. The van der Waals surface area contributed by atoms with Crippen molar-refractivity contribution in [1.29, 1.82) is 0 Å². The summed E-state index contributed by atoms with van der Waals surface area (Å²) in [5.41, 5.74) is 1.06. The van der Waals surface area contributed by atoms with Crippen LogP contribution in [0, 0.1) is 5.82 Å². The molecule has 0 aliphatic carbocycles. The van der Waals surface area contributed by atoms with E-state index in [1.54, 1.807) is 12.1 Å². The maximum Gasteiger partial charge on any atom is 0.265 e. The molecule has 2 aromatic carbocycles. The number of amides is 3. The molecule has 0 saturated heterocycles. The SMILES string of the molecule is CC(C)NC(=O)CN1C(=O)COc2ccc(C(=O)Nc3ccc(F)cc3)cc21. The molecule has 7 nitrogen and oxygen atoms in total. The second-order valence-electron chi connectivity index (χ2n) is 6.63. The Morgan fingerprint density at radius 2 is 1.89 bits per heavy atom. The predicted octanol–water partition coefficient (Wildman–Crippen LogP) is 2.33. The van der Waals surface area contributed by atoms with Crippen LogP contribution in [0.3, 0.4) is 0 Å². The molecule has 1 aliphatic rings. The average Bonchev–Trinajstić information content (AvgIpc) is 2.65. The van der Waals surface area contributed by atoms with Gasteiger partial charge in [-0.3, -0.25) is 19.3 Å². The highest BCUT2D eigenvalue weighted by molar-refractivity contribution is 6.07. The van der Waals surface area contributed by atoms with E-state index in [1.165, 1.54) is 35.2 Å². The molecule has 3 rings (SSSR count). The maximum atomic E-state index is 13.0. The number of rotatable bonds is 5. The van der Waals surface area contributed by atoms with Crippen LogP contribution in [-0.4, -0.2) is 36.9 Å². The number of carbonyl (C=O) groups excluding carboxylic acids is 3. The summed E-state index contributed by atoms with van der Waals surface area (Å²) in [6.07, 6.45) is 0. The summed E-state index contributed by atoms with van der Waals surface area (Å²) < 4.78 is 18.4. The number of halogens is 1. The number of anilines is 2. The first kappa shape index (κ1) is 19.3. The van der Waals surface area contributed by atoms with Gasteiger partial charge in [-0.25, -0.2) is 4.39 Å². The number of nitrogens with one attached hydrogen (secondary N) is 2. The van der Waals surface area contributed by atoms with Gasteiger partial charge in [0, 0.05) is 17.3 Å². The Balaban J connectivity index is 1.82. The molecule has 146 valence electrons. The zero-order chi connectivity index (χ0) is 20.3. The van der Waals surface area contributed by atoms with Crippen LogP contribution >= 0.6 is 0 Å². The molecule has 3 amide bonds. The van der Waals surface area contributed by atoms with Crippen LogP contribution < -0.4 is 20.3 Å². The molecule has 0 radical (unpaired) electrons. The highest BCUT2D eigenvalue weighted by atomic mass is 19.1. The predicted molar refractivity (Wildman–Crippen MR) is 102 cm³/mol. The molecule has 0 fully saturated rings. The molecule has 0 bridgehead atoms. The molecule has 0 saturated carbocycles. The van der Waals surface area contributed by atoms with Crippen LogP contribution in [0.4, 0.5) is 15.8 Å². The summed E-state index contributed by atoms with van der Waals surface area (Å²) in [5, 5.41) is 5.39. The van der Waals surface area contributed by atoms with Crippen LogP contribution in [0.5, 0.6) is 5.75 Å². The van der Waals surface area contributed by atoms with Gasteiger partial charge in [0.2, 0.25) is 5.91 Å². The van der Waals surface area contributed by atoms with Crippen molar-refractivity contribution in [2.24, 2.45) is 0 Å². The highest BCUT2D eigenvalue weighted by Gasteiger charge is 2.28. The lowest BCUT2D eigenvalue weighted by Crippen LogP contribution is -2.46. The molecule has 2 N–H and O–H groups in total. The van der Waals surface area contributed by atoms with Crippen molar-refractivity contribution in [3.8, 4) is 5.75 Å². The van der Waals surface area contributed by atoms with Gasteiger partial charge in [-0.15, -0.1) is 0 Å². The van der Waals surface area contributed by atoms with Crippen LogP contribution in [0.15, 0.2) is 42.5 Å². The van der Waals surface area contributed by atoms with Gasteiger partial charge in [0.05, 0.1) is 5.69 Å². The minimum absolute atomic E-state index is 0.0593. The Labute approximate surface area is 161 Å². The van der Waals surface area contributed by atoms with E-state index in [-0.39, 0.29) is 36.6 Å². The second kappa shape index (κ2) is 8.08. The fraction of sp³-hybridized carbons (Fsp3) is 0.250. The van der Waals surface area contributed by atoms with Crippen molar-refractivity contribution in [1.82, 2.24) is 5.32 Å². The second-order valence-corrected chi connectivity index (χ2v) is 6.63. The third-order valence-corrected chi connectivity index (χ3v) is 4.02. The quantitative estimate of drug-likeness (QED) is 0.827. The van der Waals surface area contributed by atoms with E-state index in [0.29, 0.717) is 17.1 Å². The summed E-state index contributed by atoms with van der Waals surface area (Å²) in [4.78, 5) is 38.2. The van der Waals surface area contributed by atoms with Gasteiger partial charge in [-0.2, -0.15) is 0 Å². The molecule has 0 aromatic heterocycles. The van der Waals surface area contributed by atoms with Crippen molar-refractivity contribution in [3.05, 3.63) is 53.8 Å². The van der Waals surface area contributed by atoms with Crippen LogP contribution in [0.25, 0.3) is 0 Å². The van der Waals surface area contributed by atoms with Crippen molar-refractivity contribution in [3.63, 3.8) is 0 Å². The fourth-order valence-corrected chi connectivity index (χ4v) is 2.76. The number of benzene rings is 2. The molecule has 0 atom stereocenters. The van der Waals surface area contributed by atoms with Gasteiger partial charge in [0.15, 0.2) is 6.61 Å². The number of fused-ring (bicyclic) bond motifs is 1. The average molecular weight is 385 g/mol.